The Morgan fingerprint density at radius 1 is 1.08 bits per heavy atom. The topological polar surface area (TPSA) is 134 Å². The van der Waals surface area contributed by atoms with Crippen molar-refractivity contribution in [2.24, 2.45) is 0 Å². The van der Waals surface area contributed by atoms with Crippen LogP contribution in [0.4, 0.5) is 16.2 Å². The first-order chi connectivity index (χ1) is 18.6. The molecule has 3 N–H and O–H groups in total. The number of carbonyl (C=O) groups excluding carboxylic acids is 4. The Morgan fingerprint density at radius 2 is 1.79 bits per heavy atom. The van der Waals surface area contributed by atoms with Crippen molar-refractivity contribution in [3.63, 3.8) is 0 Å². The van der Waals surface area contributed by atoms with Gasteiger partial charge < -0.3 is 19.9 Å². The maximum absolute atomic E-state index is 13.1. The molecule has 0 radical (unpaired) electrons. The summed E-state index contributed by atoms with van der Waals surface area (Å²) in [5.41, 5.74) is 2.69. The Morgan fingerprint density at radius 3 is 2.49 bits per heavy atom. The molecule has 10 nitrogen and oxygen atoms in total. The lowest BCUT2D eigenvalue weighted by Crippen LogP contribution is -2.54. The van der Waals surface area contributed by atoms with Crippen molar-refractivity contribution < 1.29 is 33.8 Å². The molecule has 200 valence electrons. The molecule has 0 aliphatic carbocycles. The lowest BCUT2D eigenvalue weighted by Gasteiger charge is -2.26. The first kappa shape index (κ1) is 27.2. The molecule has 3 aromatic carbocycles. The molecule has 11 heteroatoms. The highest BCUT2D eigenvalue weighted by atomic mass is 35.5. The number of hydrogen-bond acceptors (Lipinski definition) is 7. The van der Waals surface area contributed by atoms with Gasteiger partial charge in [0, 0.05) is 5.69 Å². The molecule has 3 aromatic rings. The number of rotatable bonds is 7. The Labute approximate surface area is 228 Å². The highest BCUT2D eigenvalue weighted by Gasteiger charge is 2.37. The smallest absolute Gasteiger partial charge is 0.335 e. The summed E-state index contributed by atoms with van der Waals surface area (Å²) in [6.45, 7) is 3.44. The van der Waals surface area contributed by atoms with Crippen LogP contribution in [0.25, 0.3) is 6.08 Å². The van der Waals surface area contributed by atoms with Gasteiger partial charge in [-0.25, -0.2) is 9.69 Å². The number of barbiturate groups is 1. The van der Waals surface area contributed by atoms with Crippen molar-refractivity contribution >= 4 is 52.8 Å². The molecule has 0 spiro atoms. The Hall–Kier alpha value is -4.83. The third-order valence-corrected chi connectivity index (χ3v) is 6.07. The summed E-state index contributed by atoms with van der Waals surface area (Å²) in [5, 5.41) is 14.5. The summed E-state index contributed by atoms with van der Waals surface area (Å²) >= 11 is 6.42. The van der Waals surface area contributed by atoms with Crippen molar-refractivity contribution in [1.82, 2.24) is 5.32 Å². The monoisotopic (exact) mass is 549 g/mol. The largest absolute Gasteiger partial charge is 0.508 e. The number of nitrogens with one attached hydrogen (secondary N) is 2. The minimum Gasteiger partial charge on any atom is -0.508 e. The third-order valence-electron chi connectivity index (χ3n) is 5.79. The maximum atomic E-state index is 13.1. The fourth-order valence-electron chi connectivity index (χ4n) is 3.82. The molecule has 1 fully saturated rings. The molecule has 0 atom stereocenters. The van der Waals surface area contributed by atoms with Crippen LogP contribution in [0.3, 0.4) is 0 Å². The molecular formula is C28H24ClN3O7. The Balaban J connectivity index is 1.55. The minimum absolute atomic E-state index is 0.0535. The number of benzene rings is 3. The third kappa shape index (κ3) is 6.02. The molecule has 0 aromatic heterocycles. The second-order valence-corrected chi connectivity index (χ2v) is 9.07. The molecule has 1 saturated heterocycles. The van der Waals surface area contributed by atoms with Crippen LogP contribution in [-0.2, 0) is 14.4 Å². The summed E-state index contributed by atoms with van der Waals surface area (Å²) in [7, 11) is 1.37. The van der Waals surface area contributed by atoms with Gasteiger partial charge in [0.05, 0.1) is 17.8 Å². The standard InChI is InChI=1S/C28H24ClN3O7/c1-15-4-5-16(2)22(10-15)30-24(34)14-39-25-21(29)12-17(13-23(25)38-3)11-20-26(35)31-28(37)32(27(20)36)18-6-8-19(33)9-7-18/h4-13,33H,14H2,1-3H3,(H,30,34)(H,31,35,37)/b20-11-. The van der Waals surface area contributed by atoms with Crippen LogP contribution in [0, 0.1) is 13.8 Å². The quantitative estimate of drug-likeness (QED) is 0.294. The number of ether oxygens (including phenoxy) is 2. The number of methoxy groups -OCH3 is 1. The molecular weight excluding hydrogens is 526 g/mol. The van der Waals surface area contributed by atoms with E-state index in [1.165, 1.54) is 49.6 Å². The zero-order valence-corrected chi connectivity index (χ0v) is 22.0. The van der Waals surface area contributed by atoms with Crippen LogP contribution in [0.1, 0.15) is 16.7 Å². The van der Waals surface area contributed by atoms with Crippen molar-refractivity contribution in [3.05, 3.63) is 81.9 Å². The number of urea groups is 1. The van der Waals surface area contributed by atoms with Crippen LogP contribution < -0.4 is 25.0 Å². The van der Waals surface area contributed by atoms with E-state index in [1.54, 1.807) is 0 Å². The van der Waals surface area contributed by atoms with E-state index in [-0.39, 0.29) is 40.1 Å². The molecule has 1 aliphatic rings. The lowest BCUT2D eigenvalue weighted by molar-refractivity contribution is -0.122. The van der Waals surface area contributed by atoms with E-state index in [0.717, 1.165) is 16.0 Å². The predicted octanol–water partition coefficient (Wildman–Crippen LogP) is 4.35. The number of phenolic OH excluding ortho intramolecular Hbond substituents is 1. The SMILES string of the molecule is COc1cc(/C=C2/C(=O)NC(=O)N(c3ccc(O)cc3)C2=O)cc(Cl)c1OCC(=O)Nc1cc(C)ccc1C. The number of anilines is 2. The van der Waals surface area contributed by atoms with Crippen molar-refractivity contribution in [1.29, 1.82) is 0 Å². The van der Waals surface area contributed by atoms with Gasteiger partial charge in [-0.1, -0.05) is 23.7 Å². The zero-order chi connectivity index (χ0) is 28.3. The van der Waals surface area contributed by atoms with Crippen molar-refractivity contribution in [3.8, 4) is 17.2 Å². The number of carbonyl (C=O) groups is 4. The average Bonchev–Trinajstić information content (AvgIpc) is 2.88. The number of phenols is 1. The van der Waals surface area contributed by atoms with E-state index in [4.69, 9.17) is 21.1 Å². The summed E-state index contributed by atoms with van der Waals surface area (Å²) in [4.78, 5) is 51.2. The summed E-state index contributed by atoms with van der Waals surface area (Å²) in [6.07, 6.45) is 1.25. The fraction of sp³-hybridized carbons (Fsp3) is 0.143. The van der Waals surface area contributed by atoms with Crippen LogP contribution in [0.15, 0.2) is 60.2 Å². The average molecular weight is 550 g/mol. The molecule has 4 rings (SSSR count). The molecule has 0 saturated carbocycles. The van der Waals surface area contributed by atoms with Gasteiger partial charge in [0.2, 0.25) is 0 Å². The Bertz CT molecular complexity index is 1520. The number of imide groups is 2. The molecule has 5 amide bonds. The van der Waals surface area contributed by atoms with Gasteiger partial charge in [-0.15, -0.1) is 0 Å². The van der Waals surface area contributed by atoms with Gasteiger partial charge in [-0.05, 0) is 79.1 Å². The van der Waals surface area contributed by atoms with Crippen LogP contribution >= 0.6 is 11.6 Å². The van der Waals surface area contributed by atoms with E-state index < -0.39 is 23.8 Å². The zero-order valence-electron chi connectivity index (χ0n) is 21.2. The number of hydrogen-bond donors (Lipinski definition) is 3. The van der Waals surface area contributed by atoms with E-state index in [0.29, 0.717) is 11.3 Å². The summed E-state index contributed by atoms with van der Waals surface area (Å²) in [6, 6.07) is 13.0. The highest BCUT2D eigenvalue weighted by Crippen LogP contribution is 2.37. The van der Waals surface area contributed by atoms with Gasteiger partial charge >= 0.3 is 6.03 Å². The first-order valence-corrected chi connectivity index (χ1v) is 12.0. The van der Waals surface area contributed by atoms with E-state index in [9.17, 15) is 24.3 Å². The van der Waals surface area contributed by atoms with Crippen molar-refractivity contribution in [2.75, 3.05) is 23.9 Å². The van der Waals surface area contributed by atoms with Gasteiger partial charge in [0.25, 0.3) is 17.7 Å². The first-order valence-electron chi connectivity index (χ1n) is 11.7. The van der Waals surface area contributed by atoms with Gasteiger partial charge in [0.1, 0.15) is 11.3 Å². The van der Waals surface area contributed by atoms with Gasteiger partial charge in [0.15, 0.2) is 18.1 Å². The maximum Gasteiger partial charge on any atom is 0.335 e. The number of aromatic hydroxyl groups is 1. The minimum atomic E-state index is -0.925. The Kier molecular flexibility index (Phi) is 7.87. The van der Waals surface area contributed by atoms with Crippen LogP contribution in [0.5, 0.6) is 17.2 Å². The second-order valence-electron chi connectivity index (χ2n) is 8.66. The molecule has 0 bridgehead atoms. The number of amides is 5. The number of nitrogens with zero attached hydrogens (tertiary/aromatic N) is 1. The molecule has 1 heterocycles. The normalized spacial score (nSPS) is 14.3. The van der Waals surface area contributed by atoms with E-state index in [2.05, 4.69) is 10.6 Å². The molecule has 1 aliphatic heterocycles. The molecule has 39 heavy (non-hydrogen) atoms. The van der Waals surface area contributed by atoms with E-state index in [1.807, 2.05) is 32.0 Å². The second kappa shape index (κ2) is 11.3. The van der Waals surface area contributed by atoms with Crippen LogP contribution in [0.2, 0.25) is 5.02 Å². The predicted molar refractivity (Wildman–Crippen MR) is 145 cm³/mol. The van der Waals surface area contributed by atoms with Gasteiger partial charge in [-0.3, -0.25) is 19.7 Å². The van der Waals surface area contributed by atoms with Gasteiger partial charge in [-0.2, -0.15) is 0 Å². The summed E-state index contributed by atoms with van der Waals surface area (Å²) < 4.78 is 11.0. The van der Waals surface area contributed by atoms with Crippen molar-refractivity contribution in [2.45, 2.75) is 13.8 Å². The molecule has 0 unspecified atom stereocenters. The van der Waals surface area contributed by atoms with E-state index >= 15 is 0 Å². The summed E-state index contributed by atoms with van der Waals surface area (Å²) in [5.74, 6) is -1.97. The fourth-order valence-corrected chi connectivity index (χ4v) is 4.09. The lowest BCUT2D eigenvalue weighted by atomic mass is 10.1. The highest BCUT2D eigenvalue weighted by molar-refractivity contribution is 6.39. The number of halogens is 1. The number of aryl methyl sites for hydroxylation is 2. The van der Waals surface area contributed by atoms with Crippen LogP contribution in [-0.4, -0.2) is 42.6 Å².